The summed E-state index contributed by atoms with van der Waals surface area (Å²) in [5.74, 6) is 0.399. The van der Waals surface area contributed by atoms with E-state index < -0.39 is 0 Å². The molecule has 0 spiro atoms. The predicted molar refractivity (Wildman–Crippen MR) is 62.7 cm³/mol. The van der Waals surface area contributed by atoms with Gasteiger partial charge in [0.25, 0.3) is 5.91 Å². The largest absolute Gasteiger partial charge is 0.459 e. The van der Waals surface area contributed by atoms with Crippen LogP contribution in [0.1, 0.15) is 43.2 Å². The zero-order valence-electron chi connectivity index (χ0n) is 10.0. The quantitative estimate of drug-likeness (QED) is 0.807. The standard InChI is InChI=1S/C13H17NO3/c1-10(15)9-11-5-2-3-7-14(11)13(16)12-6-4-8-17-12/h4,6,8,11H,2-3,5,7,9H2,1H3. The Hall–Kier alpha value is -1.58. The number of piperidine rings is 1. The summed E-state index contributed by atoms with van der Waals surface area (Å²) in [6.07, 6.45) is 4.94. The molecule has 17 heavy (non-hydrogen) atoms. The maximum atomic E-state index is 12.2. The van der Waals surface area contributed by atoms with Gasteiger partial charge < -0.3 is 9.32 Å². The lowest BCUT2D eigenvalue weighted by Crippen LogP contribution is -2.44. The lowest BCUT2D eigenvalue weighted by atomic mass is 9.97. The number of likely N-dealkylation sites (tertiary alicyclic amines) is 1. The van der Waals surface area contributed by atoms with Gasteiger partial charge in [-0.3, -0.25) is 9.59 Å². The molecule has 1 unspecified atom stereocenters. The van der Waals surface area contributed by atoms with Gasteiger partial charge in [-0.15, -0.1) is 0 Å². The Balaban J connectivity index is 2.10. The van der Waals surface area contributed by atoms with Gasteiger partial charge in [-0.05, 0) is 38.3 Å². The highest BCUT2D eigenvalue weighted by Gasteiger charge is 2.29. The van der Waals surface area contributed by atoms with E-state index in [2.05, 4.69) is 0 Å². The van der Waals surface area contributed by atoms with E-state index in [9.17, 15) is 9.59 Å². The summed E-state index contributed by atoms with van der Waals surface area (Å²) >= 11 is 0. The maximum absolute atomic E-state index is 12.2. The maximum Gasteiger partial charge on any atom is 0.289 e. The average molecular weight is 235 g/mol. The van der Waals surface area contributed by atoms with Crippen molar-refractivity contribution in [2.45, 2.75) is 38.6 Å². The van der Waals surface area contributed by atoms with Gasteiger partial charge in [0.2, 0.25) is 0 Å². The number of amides is 1. The normalized spacial score (nSPS) is 20.3. The van der Waals surface area contributed by atoms with Crippen LogP contribution in [0.25, 0.3) is 0 Å². The second kappa shape index (κ2) is 5.17. The van der Waals surface area contributed by atoms with E-state index >= 15 is 0 Å². The molecule has 0 N–H and O–H groups in total. The van der Waals surface area contributed by atoms with Crippen LogP contribution in [-0.4, -0.2) is 29.2 Å². The van der Waals surface area contributed by atoms with Crippen LogP contribution in [0, 0.1) is 0 Å². The van der Waals surface area contributed by atoms with Crippen molar-refractivity contribution in [3.63, 3.8) is 0 Å². The molecule has 92 valence electrons. The molecule has 1 atom stereocenters. The summed E-state index contributed by atoms with van der Waals surface area (Å²) in [5.41, 5.74) is 0. The van der Waals surface area contributed by atoms with Gasteiger partial charge in [0.15, 0.2) is 5.76 Å². The average Bonchev–Trinajstić information content (AvgIpc) is 2.81. The summed E-state index contributed by atoms with van der Waals surface area (Å²) in [4.78, 5) is 25.2. The molecular weight excluding hydrogens is 218 g/mol. The lowest BCUT2D eigenvalue weighted by Gasteiger charge is -2.34. The fourth-order valence-corrected chi connectivity index (χ4v) is 2.35. The summed E-state index contributed by atoms with van der Waals surface area (Å²) in [5, 5.41) is 0. The molecule has 0 saturated carbocycles. The summed E-state index contributed by atoms with van der Waals surface area (Å²) in [6.45, 7) is 2.29. The lowest BCUT2D eigenvalue weighted by molar-refractivity contribution is -0.118. The minimum absolute atomic E-state index is 0.0406. The number of furan rings is 1. The van der Waals surface area contributed by atoms with E-state index in [4.69, 9.17) is 4.42 Å². The first-order valence-corrected chi connectivity index (χ1v) is 6.02. The van der Waals surface area contributed by atoms with E-state index in [1.807, 2.05) is 0 Å². The third-order valence-corrected chi connectivity index (χ3v) is 3.14. The van der Waals surface area contributed by atoms with E-state index in [-0.39, 0.29) is 17.7 Å². The van der Waals surface area contributed by atoms with Crippen LogP contribution < -0.4 is 0 Å². The van der Waals surface area contributed by atoms with E-state index in [0.29, 0.717) is 12.2 Å². The highest BCUT2D eigenvalue weighted by atomic mass is 16.3. The summed E-state index contributed by atoms with van der Waals surface area (Å²) in [6, 6.07) is 3.41. The molecule has 1 saturated heterocycles. The second-order valence-electron chi connectivity index (χ2n) is 4.53. The molecule has 0 radical (unpaired) electrons. The molecule has 2 heterocycles. The Morgan fingerprint density at radius 1 is 1.47 bits per heavy atom. The highest BCUT2D eigenvalue weighted by molar-refractivity contribution is 5.92. The Morgan fingerprint density at radius 3 is 2.94 bits per heavy atom. The van der Waals surface area contributed by atoms with Crippen molar-refractivity contribution in [2.75, 3.05) is 6.54 Å². The fraction of sp³-hybridized carbons (Fsp3) is 0.538. The molecule has 1 aromatic rings. The molecule has 4 heteroatoms. The zero-order chi connectivity index (χ0) is 12.3. The molecule has 0 aromatic carbocycles. The minimum Gasteiger partial charge on any atom is -0.459 e. The van der Waals surface area contributed by atoms with Gasteiger partial charge in [-0.2, -0.15) is 0 Å². The van der Waals surface area contributed by atoms with Crippen LogP contribution in [-0.2, 0) is 4.79 Å². The molecule has 1 aliphatic rings. The SMILES string of the molecule is CC(=O)CC1CCCCN1C(=O)c1ccco1. The van der Waals surface area contributed by atoms with Crippen molar-refractivity contribution in [3.05, 3.63) is 24.2 Å². The molecular formula is C13H17NO3. The highest BCUT2D eigenvalue weighted by Crippen LogP contribution is 2.22. The number of carbonyl (C=O) groups excluding carboxylic acids is 2. The Morgan fingerprint density at radius 2 is 2.29 bits per heavy atom. The van der Waals surface area contributed by atoms with Crippen LogP contribution in [0.15, 0.2) is 22.8 Å². The van der Waals surface area contributed by atoms with Gasteiger partial charge in [0.05, 0.1) is 6.26 Å². The molecule has 0 aliphatic carbocycles. The van der Waals surface area contributed by atoms with Crippen molar-refractivity contribution in [1.82, 2.24) is 4.90 Å². The van der Waals surface area contributed by atoms with E-state index in [1.165, 1.54) is 6.26 Å². The molecule has 1 aliphatic heterocycles. The Labute approximate surface area is 101 Å². The molecule has 0 bridgehead atoms. The number of ketones is 1. The third-order valence-electron chi connectivity index (χ3n) is 3.14. The Kier molecular flexibility index (Phi) is 3.61. The van der Waals surface area contributed by atoms with Crippen molar-refractivity contribution in [2.24, 2.45) is 0 Å². The van der Waals surface area contributed by atoms with Crippen LogP contribution in [0.4, 0.5) is 0 Å². The molecule has 1 fully saturated rings. The van der Waals surface area contributed by atoms with Crippen LogP contribution in [0.3, 0.4) is 0 Å². The van der Waals surface area contributed by atoms with Gasteiger partial charge in [0, 0.05) is 19.0 Å². The number of Topliss-reactive ketones (excluding diaryl/α,β-unsaturated/α-hetero) is 1. The monoisotopic (exact) mass is 235 g/mol. The van der Waals surface area contributed by atoms with Gasteiger partial charge >= 0.3 is 0 Å². The number of hydrogen-bond acceptors (Lipinski definition) is 3. The van der Waals surface area contributed by atoms with Gasteiger partial charge in [-0.1, -0.05) is 0 Å². The van der Waals surface area contributed by atoms with Crippen molar-refractivity contribution >= 4 is 11.7 Å². The molecule has 1 amide bonds. The fourth-order valence-electron chi connectivity index (χ4n) is 2.35. The van der Waals surface area contributed by atoms with Crippen LogP contribution in [0.5, 0.6) is 0 Å². The van der Waals surface area contributed by atoms with E-state index in [1.54, 1.807) is 24.0 Å². The topological polar surface area (TPSA) is 50.5 Å². The van der Waals surface area contributed by atoms with Crippen molar-refractivity contribution < 1.29 is 14.0 Å². The first-order valence-electron chi connectivity index (χ1n) is 6.02. The predicted octanol–water partition coefficient (Wildman–Crippen LogP) is 2.25. The van der Waals surface area contributed by atoms with Gasteiger partial charge in [0.1, 0.15) is 5.78 Å². The second-order valence-corrected chi connectivity index (χ2v) is 4.53. The van der Waals surface area contributed by atoms with Crippen molar-refractivity contribution in [1.29, 1.82) is 0 Å². The smallest absolute Gasteiger partial charge is 0.289 e. The van der Waals surface area contributed by atoms with Crippen molar-refractivity contribution in [3.8, 4) is 0 Å². The minimum atomic E-state index is -0.0963. The number of nitrogens with zero attached hydrogens (tertiary/aromatic N) is 1. The third kappa shape index (κ3) is 2.75. The van der Waals surface area contributed by atoms with E-state index in [0.717, 1.165) is 25.8 Å². The summed E-state index contributed by atoms with van der Waals surface area (Å²) in [7, 11) is 0. The molecule has 2 rings (SSSR count). The molecule has 1 aromatic heterocycles. The number of hydrogen-bond donors (Lipinski definition) is 0. The summed E-state index contributed by atoms with van der Waals surface area (Å²) < 4.78 is 5.13. The first kappa shape index (κ1) is 11.9. The van der Waals surface area contributed by atoms with Gasteiger partial charge in [-0.25, -0.2) is 0 Å². The molecule has 4 nitrogen and oxygen atoms in total. The zero-order valence-corrected chi connectivity index (χ0v) is 10.0. The Bertz CT molecular complexity index is 397. The number of rotatable bonds is 3. The number of carbonyl (C=O) groups is 2. The van der Waals surface area contributed by atoms with Crippen LogP contribution >= 0.6 is 0 Å². The van der Waals surface area contributed by atoms with Crippen LogP contribution in [0.2, 0.25) is 0 Å². The first-order chi connectivity index (χ1) is 8.18.